The van der Waals surface area contributed by atoms with E-state index in [1.807, 2.05) is 13.8 Å². The Morgan fingerprint density at radius 3 is 2.29 bits per heavy atom. The molecule has 94 valence electrons. The molecule has 1 aromatic rings. The average molecular weight is 297 g/mol. The molecule has 1 aromatic carbocycles. The van der Waals surface area contributed by atoms with E-state index < -0.39 is 0 Å². The number of hydrogen-bond acceptors (Lipinski definition) is 2. The second kappa shape index (κ2) is 6.34. The molecule has 0 bridgehead atoms. The van der Waals surface area contributed by atoms with Crippen molar-refractivity contribution in [1.82, 2.24) is 5.32 Å². The van der Waals surface area contributed by atoms with Gasteiger partial charge in [0.2, 0.25) is 0 Å². The van der Waals surface area contributed by atoms with E-state index in [1.165, 1.54) is 12.1 Å². The molecule has 3 nitrogen and oxygen atoms in total. The average Bonchev–Trinajstić information content (AvgIpc) is 2.14. The summed E-state index contributed by atoms with van der Waals surface area (Å²) < 4.78 is 5.25. The van der Waals surface area contributed by atoms with E-state index in [0.717, 1.165) is 0 Å². The second-order valence-corrected chi connectivity index (χ2v) is 4.96. The molecule has 0 aliphatic carbocycles. The smallest absolute Gasteiger partial charge is 0.258 e. The maximum Gasteiger partial charge on any atom is 0.258 e. The van der Waals surface area contributed by atoms with Crippen LogP contribution < -0.4 is 10.1 Å². The fourth-order valence-electron chi connectivity index (χ4n) is 1.17. The largest absolute Gasteiger partial charge is 0.481 e. The Morgan fingerprint density at radius 1 is 1.29 bits per heavy atom. The molecular formula is C11H12Cl3NO2. The van der Waals surface area contributed by atoms with Crippen LogP contribution in [0.3, 0.4) is 0 Å². The highest BCUT2D eigenvalue weighted by molar-refractivity contribution is 6.40. The van der Waals surface area contributed by atoms with Crippen molar-refractivity contribution in [3.05, 3.63) is 27.2 Å². The summed E-state index contributed by atoms with van der Waals surface area (Å²) in [6.07, 6.45) is 0. The van der Waals surface area contributed by atoms with Gasteiger partial charge in [-0.25, -0.2) is 0 Å². The molecule has 0 atom stereocenters. The van der Waals surface area contributed by atoms with E-state index in [1.54, 1.807) is 0 Å². The molecule has 0 unspecified atom stereocenters. The van der Waals surface area contributed by atoms with Crippen LogP contribution in [0.1, 0.15) is 13.8 Å². The monoisotopic (exact) mass is 295 g/mol. The van der Waals surface area contributed by atoms with Gasteiger partial charge in [-0.3, -0.25) is 4.79 Å². The summed E-state index contributed by atoms with van der Waals surface area (Å²) in [7, 11) is 0. The molecule has 1 amide bonds. The third kappa shape index (κ3) is 4.62. The lowest BCUT2D eigenvalue weighted by Gasteiger charge is -2.12. The normalized spacial score (nSPS) is 10.5. The van der Waals surface area contributed by atoms with Crippen LogP contribution in [-0.4, -0.2) is 18.6 Å². The quantitative estimate of drug-likeness (QED) is 0.923. The van der Waals surface area contributed by atoms with Gasteiger partial charge in [-0.1, -0.05) is 34.8 Å². The number of rotatable bonds is 4. The van der Waals surface area contributed by atoms with Crippen molar-refractivity contribution in [2.75, 3.05) is 6.61 Å². The van der Waals surface area contributed by atoms with E-state index in [9.17, 15) is 4.79 Å². The molecule has 0 aliphatic heterocycles. The number of amides is 1. The highest BCUT2D eigenvalue weighted by Crippen LogP contribution is 2.35. The zero-order valence-electron chi connectivity index (χ0n) is 9.39. The SMILES string of the molecule is CC(C)NC(=O)COc1c(Cl)cc(Cl)cc1Cl. The topological polar surface area (TPSA) is 38.3 Å². The van der Waals surface area contributed by atoms with E-state index in [2.05, 4.69) is 5.32 Å². The van der Waals surface area contributed by atoms with Gasteiger partial charge in [0.15, 0.2) is 12.4 Å². The van der Waals surface area contributed by atoms with Gasteiger partial charge in [-0.05, 0) is 26.0 Å². The van der Waals surface area contributed by atoms with Crippen LogP contribution in [-0.2, 0) is 4.79 Å². The van der Waals surface area contributed by atoms with Crippen molar-refractivity contribution in [3.8, 4) is 5.75 Å². The lowest BCUT2D eigenvalue weighted by atomic mass is 10.3. The molecular weight excluding hydrogens is 284 g/mol. The molecule has 0 saturated carbocycles. The van der Waals surface area contributed by atoms with Gasteiger partial charge in [0.1, 0.15) is 0 Å². The minimum absolute atomic E-state index is 0.0576. The van der Waals surface area contributed by atoms with Crippen LogP contribution in [0.4, 0.5) is 0 Å². The Morgan fingerprint density at radius 2 is 1.82 bits per heavy atom. The number of benzene rings is 1. The molecule has 6 heteroatoms. The van der Waals surface area contributed by atoms with Gasteiger partial charge < -0.3 is 10.1 Å². The maximum atomic E-state index is 11.4. The first-order valence-electron chi connectivity index (χ1n) is 4.97. The zero-order chi connectivity index (χ0) is 13.0. The van der Waals surface area contributed by atoms with Crippen LogP contribution in [0, 0.1) is 0 Å². The van der Waals surface area contributed by atoms with Gasteiger partial charge in [0.25, 0.3) is 5.91 Å². The van der Waals surface area contributed by atoms with Crippen molar-refractivity contribution in [2.45, 2.75) is 19.9 Å². The number of carbonyl (C=O) groups excluding carboxylic acids is 1. The Bertz CT molecular complexity index is 398. The van der Waals surface area contributed by atoms with E-state index >= 15 is 0 Å². The number of carbonyl (C=O) groups is 1. The molecule has 0 fully saturated rings. The molecule has 1 N–H and O–H groups in total. The Labute approximate surface area is 115 Å². The molecule has 0 heterocycles. The van der Waals surface area contributed by atoms with Crippen molar-refractivity contribution >= 4 is 40.7 Å². The molecule has 17 heavy (non-hydrogen) atoms. The minimum atomic E-state index is -0.234. The molecule has 0 spiro atoms. The van der Waals surface area contributed by atoms with Crippen LogP contribution in [0.5, 0.6) is 5.75 Å². The highest BCUT2D eigenvalue weighted by Gasteiger charge is 2.11. The summed E-state index contributed by atoms with van der Waals surface area (Å²) >= 11 is 17.5. The van der Waals surface area contributed by atoms with Gasteiger partial charge in [-0.15, -0.1) is 0 Å². The van der Waals surface area contributed by atoms with Gasteiger partial charge >= 0.3 is 0 Å². The predicted octanol–water partition coefficient (Wildman–Crippen LogP) is 3.55. The third-order valence-corrected chi connectivity index (χ3v) is 2.54. The fraction of sp³-hybridized carbons (Fsp3) is 0.364. The summed E-state index contributed by atoms with van der Waals surface area (Å²) in [6, 6.07) is 3.07. The van der Waals surface area contributed by atoms with Gasteiger partial charge in [-0.2, -0.15) is 0 Å². The summed E-state index contributed by atoms with van der Waals surface area (Å²) in [5.41, 5.74) is 0. The number of nitrogens with one attached hydrogen (secondary N) is 1. The van der Waals surface area contributed by atoms with Crippen LogP contribution in [0.25, 0.3) is 0 Å². The molecule has 0 aromatic heterocycles. The Kier molecular flexibility index (Phi) is 5.37. The number of ether oxygens (including phenoxy) is 1. The Hall–Kier alpha value is -0.640. The molecule has 1 rings (SSSR count). The summed E-state index contributed by atoms with van der Waals surface area (Å²) in [5.74, 6) is 0.0266. The third-order valence-electron chi connectivity index (χ3n) is 1.76. The number of halogens is 3. The van der Waals surface area contributed by atoms with E-state index in [0.29, 0.717) is 5.02 Å². The summed E-state index contributed by atoms with van der Waals surface area (Å²) in [6.45, 7) is 3.58. The zero-order valence-corrected chi connectivity index (χ0v) is 11.7. The molecule has 0 saturated heterocycles. The molecule has 0 radical (unpaired) electrons. The van der Waals surface area contributed by atoms with Gasteiger partial charge in [0, 0.05) is 11.1 Å². The molecule has 0 aliphatic rings. The second-order valence-electron chi connectivity index (χ2n) is 3.71. The van der Waals surface area contributed by atoms with Crippen molar-refractivity contribution in [3.63, 3.8) is 0 Å². The minimum Gasteiger partial charge on any atom is -0.481 e. The predicted molar refractivity (Wildman–Crippen MR) is 70.2 cm³/mol. The maximum absolute atomic E-state index is 11.4. The number of hydrogen-bond donors (Lipinski definition) is 1. The van der Waals surface area contributed by atoms with Crippen LogP contribution in [0.15, 0.2) is 12.1 Å². The van der Waals surface area contributed by atoms with Crippen LogP contribution >= 0.6 is 34.8 Å². The van der Waals surface area contributed by atoms with Crippen molar-refractivity contribution in [1.29, 1.82) is 0 Å². The standard InChI is InChI=1S/C11H12Cl3NO2/c1-6(2)15-10(16)5-17-11-8(13)3-7(12)4-9(11)14/h3-4,6H,5H2,1-2H3,(H,15,16). The lowest BCUT2D eigenvalue weighted by molar-refractivity contribution is -0.123. The van der Waals surface area contributed by atoms with Crippen molar-refractivity contribution in [2.24, 2.45) is 0 Å². The van der Waals surface area contributed by atoms with E-state index in [4.69, 9.17) is 39.5 Å². The summed E-state index contributed by atoms with van der Waals surface area (Å²) in [5, 5.41) is 3.66. The Balaban J connectivity index is 2.67. The summed E-state index contributed by atoms with van der Waals surface area (Å²) in [4.78, 5) is 11.4. The van der Waals surface area contributed by atoms with Gasteiger partial charge in [0.05, 0.1) is 10.0 Å². The lowest BCUT2D eigenvalue weighted by Crippen LogP contribution is -2.34. The first-order chi connectivity index (χ1) is 7.90. The van der Waals surface area contributed by atoms with E-state index in [-0.39, 0.29) is 34.4 Å². The first kappa shape index (κ1) is 14.4. The van der Waals surface area contributed by atoms with Crippen LogP contribution in [0.2, 0.25) is 15.1 Å². The first-order valence-corrected chi connectivity index (χ1v) is 6.10. The fourth-order valence-corrected chi connectivity index (χ4v) is 2.09. The van der Waals surface area contributed by atoms with Crippen molar-refractivity contribution < 1.29 is 9.53 Å². The highest BCUT2D eigenvalue weighted by atomic mass is 35.5.